The largest absolute Gasteiger partial charge is 0.379 e. The Bertz CT molecular complexity index is 588. The average Bonchev–Trinajstić information content (AvgIpc) is 2.44. The Hall–Kier alpha value is -2.07. The Morgan fingerprint density at radius 2 is 1.85 bits per heavy atom. The zero-order valence-corrected chi connectivity index (χ0v) is 11.6. The van der Waals surface area contributed by atoms with E-state index in [1.807, 2.05) is 18.2 Å². The minimum Gasteiger partial charge on any atom is -0.379 e. The third-order valence-corrected chi connectivity index (χ3v) is 3.27. The van der Waals surface area contributed by atoms with Gasteiger partial charge in [0.25, 0.3) is 0 Å². The first kappa shape index (κ1) is 14.3. The molecule has 0 aliphatic rings. The Kier molecular flexibility index (Phi) is 4.96. The molecule has 4 nitrogen and oxygen atoms in total. The number of nitro benzene ring substituents is 1. The zero-order chi connectivity index (χ0) is 14.4. The summed E-state index contributed by atoms with van der Waals surface area (Å²) in [6.45, 7) is 0.663. The summed E-state index contributed by atoms with van der Waals surface area (Å²) in [4.78, 5) is 10.5. The molecule has 0 atom stereocenters. The highest BCUT2D eigenvalue weighted by Gasteiger charge is 2.17. The highest BCUT2D eigenvalue weighted by atomic mass is 35.5. The summed E-state index contributed by atoms with van der Waals surface area (Å²) in [5, 5.41) is 14.2. The Balaban J connectivity index is 1.92. The van der Waals surface area contributed by atoms with Gasteiger partial charge in [-0.05, 0) is 30.5 Å². The van der Waals surface area contributed by atoms with E-state index < -0.39 is 4.92 Å². The van der Waals surface area contributed by atoms with Crippen molar-refractivity contribution in [3.8, 4) is 0 Å². The van der Waals surface area contributed by atoms with Crippen LogP contribution in [0.4, 0.5) is 11.4 Å². The maximum absolute atomic E-state index is 11.0. The molecule has 0 saturated heterocycles. The second kappa shape index (κ2) is 6.91. The smallest absolute Gasteiger partial charge is 0.310 e. The number of hydrogen-bond acceptors (Lipinski definition) is 3. The van der Waals surface area contributed by atoms with Crippen LogP contribution in [0.1, 0.15) is 12.0 Å². The molecular formula is C15H15ClN2O2. The maximum atomic E-state index is 11.0. The van der Waals surface area contributed by atoms with Crippen molar-refractivity contribution in [2.24, 2.45) is 0 Å². The normalized spacial score (nSPS) is 10.2. The van der Waals surface area contributed by atoms with Crippen molar-refractivity contribution in [2.45, 2.75) is 12.8 Å². The highest BCUT2D eigenvalue weighted by molar-refractivity contribution is 6.33. The van der Waals surface area contributed by atoms with E-state index in [4.69, 9.17) is 11.6 Å². The molecule has 0 aliphatic carbocycles. The molecule has 0 spiro atoms. The molecule has 2 aromatic rings. The van der Waals surface area contributed by atoms with Crippen LogP contribution in [0.25, 0.3) is 0 Å². The predicted molar refractivity (Wildman–Crippen MR) is 81.4 cm³/mol. The molecule has 0 fully saturated rings. The van der Waals surface area contributed by atoms with E-state index in [-0.39, 0.29) is 10.7 Å². The van der Waals surface area contributed by atoms with Crippen LogP contribution in [0.5, 0.6) is 0 Å². The van der Waals surface area contributed by atoms with Gasteiger partial charge in [-0.3, -0.25) is 10.1 Å². The average molecular weight is 291 g/mol. The van der Waals surface area contributed by atoms with Gasteiger partial charge in [0.2, 0.25) is 0 Å². The quantitative estimate of drug-likeness (QED) is 0.490. The van der Waals surface area contributed by atoms with Crippen molar-refractivity contribution in [2.75, 3.05) is 11.9 Å². The van der Waals surface area contributed by atoms with Gasteiger partial charge in [-0.2, -0.15) is 0 Å². The van der Waals surface area contributed by atoms with Crippen LogP contribution in [0.15, 0.2) is 48.5 Å². The number of rotatable bonds is 6. The fraction of sp³-hybridized carbons (Fsp3) is 0.200. The maximum Gasteiger partial charge on any atom is 0.310 e. The van der Waals surface area contributed by atoms with E-state index in [2.05, 4.69) is 17.4 Å². The van der Waals surface area contributed by atoms with Gasteiger partial charge in [-0.15, -0.1) is 0 Å². The molecule has 0 aliphatic heterocycles. The van der Waals surface area contributed by atoms with Crippen molar-refractivity contribution in [3.05, 3.63) is 69.2 Å². The lowest BCUT2D eigenvalue weighted by Gasteiger charge is -2.08. The number of nitrogens with one attached hydrogen (secondary N) is 1. The minimum absolute atomic E-state index is 0.0612. The summed E-state index contributed by atoms with van der Waals surface area (Å²) < 4.78 is 0. The molecule has 0 aromatic heterocycles. The minimum atomic E-state index is -0.456. The van der Waals surface area contributed by atoms with E-state index >= 15 is 0 Å². The Morgan fingerprint density at radius 1 is 1.10 bits per heavy atom. The van der Waals surface area contributed by atoms with Gasteiger partial charge in [0.1, 0.15) is 10.7 Å². The first-order valence-electron chi connectivity index (χ1n) is 6.39. The van der Waals surface area contributed by atoms with Gasteiger partial charge in [-0.1, -0.05) is 48.0 Å². The number of para-hydroxylation sites is 1. The van der Waals surface area contributed by atoms with Gasteiger partial charge in [0.15, 0.2) is 0 Å². The van der Waals surface area contributed by atoms with Crippen LogP contribution in [0, 0.1) is 10.1 Å². The summed E-state index contributed by atoms with van der Waals surface area (Å²) in [6.07, 6.45) is 1.83. The second-order valence-corrected chi connectivity index (χ2v) is 4.82. The zero-order valence-electron chi connectivity index (χ0n) is 10.9. The molecule has 5 heteroatoms. The number of aryl methyl sites for hydroxylation is 1. The van der Waals surface area contributed by atoms with E-state index in [1.54, 1.807) is 12.1 Å². The molecule has 0 heterocycles. The number of nitrogens with zero attached hydrogens (tertiary/aromatic N) is 1. The lowest BCUT2D eigenvalue weighted by molar-refractivity contribution is -0.383. The van der Waals surface area contributed by atoms with Crippen LogP contribution in [0.2, 0.25) is 5.02 Å². The van der Waals surface area contributed by atoms with Gasteiger partial charge in [0, 0.05) is 6.54 Å². The molecule has 2 rings (SSSR count). The standard InChI is InChI=1S/C15H15ClN2O2/c16-13-9-4-10-14(15(13)18(19)20)17-11-5-8-12-6-2-1-3-7-12/h1-4,6-7,9-10,17H,5,8,11H2. The topological polar surface area (TPSA) is 55.2 Å². The van der Waals surface area contributed by atoms with Crippen molar-refractivity contribution >= 4 is 23.0 Å². The summed E-state index contributed by atoms with van der Waals surface area (Å²) in [5.41, 5.74) is 1.67. The SMILES string of the molecule is O=[N+]([O-])c1c(Cl)cccc1NCCCc1ccccc1. The Morgan fingerprint density at radius 3 is 2.55 bits per heavy atom. The fourth-order valence-electron chi connectivity index (χ4n) is 2.00. The molecule has 104 valence electrons. The number of benzene rings is 2. The summed E-state index contributed by atoms with van der Waals surface area (Å²) in [6, 6.07) is 15.0. The predicted octanol–water partition coefficient (Wildman–Crippen LogP) is 4.29. The molecule has 0 unspecified atom stereocenters. The number of hydrogen-bond donors (Lipinski definition) is 1. The van der Waals surface area contributed by atoms with Crippen molar-refractivity contribution < 1.29 is 4.92 Å². The van der Waals surface area contributed by atoms with Gasteiger partial charge < -0.3 is 5.32 Å². The third-order valence-electron chi connectivity index (χ3n) is 2.97. The highest BCUT2D eigenvalue weighted by Crippen LogP contribution is 2.32. The van der Waals surface area contributed by atoms with E-state index in [0.717, 1.165) is 12.8 Å². The molecule has 2 aromatic carbocycles. The number of nitro groups is 1. The molecule has 0 bridgehead atoms. The molecule has 0 saturated carbocycles. The monoisotopic (exact) mass is 290 g/mol. The van der Waals surface area contributed by atoms with Crippen molar-refractivity contribution in [1.82, 2.24) is 0 Å². The fourth-order valence-corrected chi connectivity index (χ4v) is 2.25. The molecule has 1 N–H and O–H groups in total. The van der Waals surface area contributed by atoms with Gasteiger partial charge in [-0.25, -0.2) is 0 Å². The molecular weight excluding hydrogens is 276 g/mol. The summed E-state index contributed by atoms with van der Waals surface area (Å²) >= 11 is 5.85. The van der Waals surface area contributed by atoms with Crippen LogP contribution in [-0.4, -0.2) is 11.5 Å². The second-order valence-electron chi connectivity index (χ2n) is 4.41. The number of anilines is 1. The van der Waals surface area contributed by atoms with E-state index in [9.17, 15) is 10.1 Å². The van der Waals surface area contributed by atoms with Crippen molar-refractivity contribution in [3.63, 3.8) is 0 Å². The van der Waals surface area contributed by atoms with Gasteiger partial charge >= 0.3 is 5.69 Å². The summed E-state index contributed by atoms with van der Waals surface area (Å²) in [5.74, 6) is 0. The lowest BCUT2D eigenvalue weighted by Crippen LogP contribution is -2.05. The van der Waals surface area contributed by atoms with Crippen molar-refractivity contribution in [1.29, 1.82) is 0 Å². The van der Waals surface area contributed by atoms with Crippen LogP contribution < -0.4 is 5.32 Å². The van der Waals surface area contributed by atoms with E-state index in [1.165, 1.54) is 11.6 Å². The van der Waals surface area contributed by atoms with E-state index in [0.29, 0.717) is 12.2 Å². The molecule has 20 heavy (non-hydrogen) atoms. The first-order chi connectivity index (χ1) is 9.68. The van der Waals surface area contributed by atoms with Crippen LogP contribution in [-0.2, 0) is 6.42 Å². The van der Waals surface area contributed by atoms with Crippen LogP contribution >= 0.6 is 11.6 Å². The van der Waals surface area contributed by atoms with Gasteiger partial charge in [0.05, 0.1) is 4.92 Å². The molecule has 0 amide bonds. The summed E-state index contributed by atoms with van der Waals surface area (Å²) in [7, 11) is 0. The lowest BCUT2D eigenvalue weighted by atomic mass is 10.1. The Labute approximate surface area is 122 Å². The third kappa shape index (κ3) is 3.71. The first-order valence-corrected chi connectivity index (χ1v) is 6.77. The number of halogens is 1. The molecule has 0 radical (unpaired) electrons. The van der Waals surface area contributed by atoms with Crippen LogP contribution in [0.3, 0.4) is 0 Å².